The Bertz CT molecular complexity index is 310. The Morgan fingerprint density at radius 2 is 2.31 bits per heavy atom. The van der Waals surface area contributed by atoms with E-state index in [-0.39, 0.29) is 6.04 Å². The average molecular weight is 239 g/mol. The molecule has 2 atom stereocenters. The molecule has 2 N–H and O–H groups in total. The molecule has 16 heavy (non-hydrogen) atoms. The third-order valence-electron chi connectivity index (χ3n) is 3.37. The van der Waals surface area contributed by atoms with Gasteiger partial charge in [0.2, 0.25) is 0 Å². The fourth-order valence-corrected chi connectivity index (χ4v) is 3.36. The molecule has 3 nitrogen and oxygen atoms in total. The van der Waals surface area contributed by atoms with Gasteiger partial charge >= 0.3 is 0 Å². The summed E-state index contributed by atoms with van der Waals surface area (Å²) in [7, 11) is 0. The Morgan fingerprint density at radius 1 is 1.50 bits per heavy atom. The number of hydrogen-bond acceptors (Lipinski definition) is 4. The molecule has 1 aliphatic heterocycles. The van der Waals surface area contributed by atoms with E-state index in [1.54, 1.807) is 11.3 Å². The molecule has 1 saturated heterocycles. The Labute approximate surface area is 102 Å². The topological polar surface area (TPSA) is 42.1 Å². The van der Waals surface area contributed by atoms with Crippen molar-refractivity contribution in [3.8, 4) is 0 Å². The summed E-state index contributed by atoms with van der Waals surface area (Å²) in [5.41, 5.74) is 8.24. The Kier molecular flexibility index (Phi) is 3.95. The van der Waals surface area contributed by atoms with E-state index in [1.807, 2.05) is 11.7 Å². The average Bonchev–Trinajstić information content (AvgIpc) is 2.68. The van der Waals surface area contributed by atoms with Crippen LogP contribution >= 0.6 is 11.3 Å². The molecule has 1 aromatic heterocycles. The van der Waals surface area contributed by atoms with Gasteiger partial charge in [0, 0.05) is 23.2 Å². The molecular formula is C12H21N3S. The van der Waals surface area contributed by atoms with E-state index in [2.05, 4.69) is 23.7 Å². The maximum Gasteiger partial charge on any atom is 0.0794 e. The molecule has 0 radical (unpaired) electrons. The molecule has 4 heteroatoms. The van der Waals surface area contributed by atoms with Gasteiger partial charge in [-0.3, -0.25) is 9.88 Å². The van der Waals surface area contributed by atoms with Crippen molar-refractivity contribution < 1.29 is 0 Å². The highest BCUT2D eigenvalue weighted by Gasteiger charge is 2.31. The minimum Gasteiger partial charge on any atom is -0.326 e. The van der Waals surface area contributed by atoms with Crippen LogP contribution in [0.2, 0.25) is 0 Å². The zero-order valence-electron chi connectivity index (χ0n) is 10.1. The lowest BCUT2D eigenvalue weighted by Gasteiger charge is -2.35. The van der Waals surface area contributed by atoms with Crippen LogP contribution in [0.1, 0.15) is 44.0 Å². The molecule has 1 fully saturated rings. The number of likely N-dealkylation sites (tertiary alicyclic amines) is 1. The van der Waals surface area contributed by atoms with Crippen LogP contribution in [0.5, 0.6) is 0 Å². The Morgan fingerprint density at radius 3 is 2.94 bits per heavy atom. The van der Waals surface area contributed by atoms with Crippen molar-refractivity contribution in [2.75, 3.05) is 6.54 Å². The molecule has 1 aromatic rings. The number of nitrogens with zero attached hydrogens (tertiary/aromatic N) is 2. The molecule has 0 saturated carbocycles. The second-order valence-electron chi connectivity index (χ2n) is 4.84. The third kappa shape index (κ3) is 2.44. The van der Waals surface area contributed by atoms with Gasteiger partial charge in [0.05, 0.1) is 11.6 Å². The summed E-state index contributed by atoms with van der Waals surface area (Å²) in [6, 6.07) is 1.18. The van der Waals surface area contributed by atoms with Crippen LogP contribution in [0.25, 0.3) is 0 Å². The number of rotatable bonds is 2. The van der Waals surface area contributed by atoms with E-state index >= 15 is 0 Å². The number of nitrogens with two attached hydrogens (primary N) is 1. The Balaban J connectivity index is 2.26. The zero-order valence-corrected chi connectivity index (χ0v) is 10.9. The van der Waals surface area contributed by atoms with E-state index in [4.69, 9.17) is 5.73 Å². The largest absolute Gasteiger partial charge is 0.326 e. The fourth-order valence-electron chi connectivity index (χ4n) is 2.54. The van der Waals surface area contributed by atoms with Gasteiger partial charge in [-0.1, -0.05) is 6.42 Å². The second kappa shape index (κ2) is 5.25. The maximum absolute atomic E-state index is 6.34. The fraction of sp³-hybridized carbons (Fsp3) is 0.750. The summed E-state index contributed by atoms with van der Waals surface area (Å²) in [6.07, 6.45) is 5.63. The highest BCUT2D eigenvalue weighted by atomic mass is 32.1. The highest BCUT2D eigenvalue weighted by molar-refractivity contribution is 7.09. The standard InChI is InChI=1S/C12H21N3S/c1-9(2)15-6-4-3-5-10(13)12(15)11-7-14-8-16-11/h7-10,12H,3-6,13H2,1-2H3. The molecular weight excluding hydrogens is 218 g/mol. The first-order valence-electron chi connectivity index (χ1n) is 6.10. The van der Waals surface area contributed by atoms with Crippen LogP contribution in [0.3, 0.4) is 0 Å². The van der Waals surface area contributed by atoms with Gasteiger partial charge in [-0.15, -0.1) is 11.3 Å². The summed E-state index contributed by atoms with van der Waals surface area (Å²) in [4.78, 5) is 8.05. The Hall–Kier alpha value is -0.450. The van der Waals surface area contributed by atoms with Crippen LogP contribution < -0.4 is 5.73 Å². The number of aromatic nitrogens is 1. The SMILES string of the molecule is CC(C)N1CCCCC(N)C1c1cncs1. The summed E-state index contributed by atoms with van der Waals surface area (Å²) < 4.78 is 0. The first kappa shape index (κ1) is 12.0. The highest BCUT2D eigenvalue weighted by Crippen LogP contribution is 2.32. The first-order valence-corrected chi connectivity index (χ1v) is 6.98. The smallest absolute Gasteiger partial charge is 0.0794 e. The van der Waals surface area contributed by atoms with Crippen LogP contribution in [-0.2, 0) is 0 Å². The van der Waals surface area contributed by atoms with Crippen molar-refractivity contribution in [2.24, 2.45) is 5.73 Å². The van der Waals surface area contributed by atoms with Crippen molar-refractivity contribution in [3.63, 3.8) is 0 Å². The molecule has 0 spiro atoms. The van der Waals surface area contributed by atoms with E-state index in [0.717, 1.165) is 13.0 Å². The summed E-state index contributed by atoms with van der Waals surface area (Å²) >= 11 is 1.73. The monoisotopic (exact) mass is 239 g/mol. The van der Waals surface area contributed by atoms with Crippen molar-refractivity contribution in [3.05, 3.63) is 16.6 Å². The normalized spacial score (nSPS) is 28.2. The predicted octanol–water partition coefficient (Wildman–Crippen LogP) is 2.41. The second-order valence-corrected chi connectivity index (χ2v) is 5.76. The predicted molar refractivity (Wildman–Crippen MR) is 68.5 cm³/mol. The van der Waals surface area contributed by atoms with Crippen LogP contribution in [-0.4, -0.2) is 28.5 Å². The molecule has 0 bridgehead atoms. The summed E-state index contributed by atoms with van der Waals surface area (Å²) in [5, 5.41) is 0. The van der Waals surface area contributed by atoms with Crippen molar-refractivity contribution in [2.45, 2.75) is 51.2 Å². The van der Waals surface area contributed by atoms with Gasteiger partial charge in [0.25, 0.3) is 0 Å². The van der Waals surface area contributed by atoms with Gasteiger partial charge < -0.3 is 5.73 Å². The molecule has 0 aliphatic carbocycles. The van der Waals surface area contributed by atoms with Crippen LogP contribution in [0.15, 0.2) is 11.7 Å². The lowest BCUT2D eigenvalue weighted by molar-refractivity contribution is 0.146. The first-order chi connectivity index (χ1) is 7.70. The number of hydrogen-bond donors (Lipinski definition) is 1. The minimum absolute atomic E-state index is 0.255. The quantitative estimate of drug-likeness (QED) is 0.861. The van der Waals surface area contributed by atoms with E-state index in [9.17, 15) is 0 Å². The van der Waals surface area contributed by atoms with Gasteiger partial charge in [0.15, 0.2) is 0 Å². The van der Waals surface area contributed by atoms with Crippen molar-refractivity contribution in [1.29, 1.82) is 0 Å². The summed E-state index contributed by atoms with van der Waals surface area (Å²) in [6.45, 7) is 5.67. The lowest BCUT2D eigenvalue weighted by atomic mass is 10.0. The molecule has 2 unspecified atom stereocenters. The molecule has 0 aromatic carbocycles. The molecule has 2 rings (SSSR count). The van der Waals surface area contributed by atoms with Crippen molar-refractivity contribution >= 4 is 11.3 Å². The van der Waals surface area contributed by atoms with E-state index in [0.29, 0.717) is 12.1 Å². The lowest BCUT2D eigenvalue weighted by Crippen LogP contribution is -2.42. The third-order valence-corrected chi connectivity index (χ3v) is 4.22. The molecule has 1 aliphatic rings. The van der Waals surface area contributed by atoms with Crippen LogP contribution in [0.4, 0.5) is 0 Å². The maximum atomic E-state index is 6.34. The van der Waals surface area contributed by atoms with E-state index < -0.39 is 0 Å². The summed E-state index contributed by atoms with van der Waals surface area (Å²) in [5.74, 6) is 0. The molecule has 90 valence electrons. The van der Waals surface area contributed by atoms with Gasteiger partial charge in [-0.25, -0.2) is 0 Å². The van der Waals surface area contributed by atoms with E-state index in [1.165, 1.54) is 17.7 Å². The van der Waals surface area contributed by atoms with Gasteiger partial charge in [-0.2, -0.15) is 0 Å². The minimum atomic E-state index is 0.255. The molecule has 2 heterocycles. The van der Waals surface area contributed by atoms with Gasteiger partial charge in [-0.05, 0) is 33.2 Å². The van der Waals surface area contributed by atoms with Crippen LogP contribution in [0, 0.1) is 0 Å². The zero-order chi connectivity index (χ0) is 11.5. The molecule has 0 amide bonds. The number of thiazole rings is 1. The van der Waals surface area contributed by atoms with Gasteiger partial charge in [0.1, 0.15) is 0 Å². The van der Waals surface area contributed by atoms with Crippen molar-refractivity contribution in [1.82, 2.24) is 9.88 Å².